The molecule has 3 N–H and O–H groups in total. The first-order chi connectivity index (χ1) is 3.81. The Morgan fingerprint density at radius 2 is 1.80 bits per heavy atom. The SMILES string of the molecule is C.CC(O)(C=O)P(=O)(O)O. The molecule has 0 rings (SSSR count). The molecule has 0 aliphatic heterocycles. The largest absolute Gasteiger partial charge is 0.371 e. The smallest absolute Gasteiger partial charge is 0.363 e. The molecular weight excluding hydrogens is 159 g/mol. The lowest BCUT2D eigenvalue weighted by atomic mass is 10.5. The van der Waals surface area contributed by atoms with Crippen LogP contribution in [0.5, 0.6) is 0 Å². The van der Waals surface area contributed by atoms with Crippen molar-refractivity contribution in [1.82, 2.24) is 0 Å². The van der Waals surface area contributed by atoms with Crippen molar-refractivity contribution in [2.75, 3.05) is 0 Å². The van der Waals surface area contributed by atoms with Crippen molar-refractivity contribution in [1.29, 1.82) is 0 Å². The molecule has 0 aromatic heterocycles. The normalized spacial score (nSPS) is 16.8. The first-order valence-corrected chi connectivity index (χ1v) is 3.67. The van der Waals surface area contributed by atoms with E-state index in [9.17, 15) is 9.36 Å². The number of hydrogen-bond donors (Lipinski definition) is 3. The summed E-state index contributed by atoms with van der Waals surface area (Å²) in [5.41, 5.74) is 0. The van der Waals surface area contributed by atoms with Gasteiger partial charge in [0.25, 0.3) is 0 Å². The molecule has 0 bridgehead atoms. The van der Waals surface area contributed by atoms with Gasteiger partial charge in [-0.1, -0.05) is 7.43 Å². The van der Waals surface area contributed by atoms with Crippen molar-refractivity contribution in [3.05, 3.63) is 0 Å². The van der Waals surface area contributed by atoms with E-state index < -0.39 is 12.9 Å². The molecule has 0 heterocycles. The molecule has 10 heavy (non-hydrogen) atoms. The van der Waals surface area contributed by atoms with Gasteiger partial charge in [-0.05, 0) is 6.92 Å². The summed E-state index contributed by atoms with van der Waals surface area (Å²) in [4.78, 5) is 26.1. The Labute approximate surface area is 58.8 Å². The summed E-state index contributed by atoms with van der Waals surface area (Å²) in [6.45, 7) is 0.751. The molecule has 62 valence electrons. The fourth-order valence-electron chi connectivity index (χ4n) is 0.0687. The number of hydrogen-bond acceptors (Lipinski definition) is 3. The predicted molar refractivity (Wildman–Crippen MR) is 35.5 cm³/mol. The van der Waals surface area contributed by atoms with E-state index in [0.29, 0.717) is 0 Å². The van der Waals surface area contributed by atoms with Gasteiger partial charge in [-0.25, -0.2) is 0 Å². The maximum absolute atomic E-state index is 10.1. The van der Waals surface area contributed by atoms with E-state index in [1.54, 1.807) is 0 Å². The molecule has 0 aromatic carbocycles. The molecule has 1 unspecified atom stereocenters. The Hall–Kier alpha value is -0.220. The molecule has 0 fully saturated rings. The zero-order valence-corrected chi connectivity index (χ0v) is 5.58. The highest BCUT2D eigenvalue weighted by atomic mass is 31.2. The predicted octanol–water partition coefficient (Wildman–Crippen LogP) is -0.292. The summed E-state index contributed by atoms with van der Waals surface area (Å²) >= 11 is 0. The van der Waals surface area contributed by atoms with E-state index in [1.165, 1.54) is 0 Å². The van der Waals surface area contributed by atoms with Crippen molar-refractivity contribution >= 4 is 13.9 Å². The van der Waals surface area contributed by atoms with Crippen molar-refractivity contribution in [3.63, 3.8) is 0 Å². The summed E-state index contributed by atoms with van der Waals surface area (Å²) in [5, 5.41) is 5.99. The molecule has 6 heteroatoms. The number of carbonyl (C=O) groups is 1. The first kappa shape index (κ1) is 12.5. The monoisotopic (exact) mass is 170 g/mol. The second-order valence-corrected chi connectivity index (χ2v) is 3.75. The van der Waals surface area contributed by atoms with Gasteiger partial charge in [0.05, 0.1) is 0 Å². The van der Waals surface area contributed by atoms with Crippen LogP contribution < -0.4 is 0 Å². The molecule has 0 aliphatic carbocycles. The minimum atomic E-state index is -4.68. The minimum Gasteiger partial charge on any atom is -0.371 e. The number of carbonyl (C=O) groups excluding carboxylic acids is 1. The average molecular weight is 170 g/mol. The third-order valence-electron chi connectivity index (χ3n) is 0.813. The lowest BCUT2D eigenvalue weighted by molar-refractivity contribution is -0.117. The minimum absolute atomic E-state index is 0. The Kier molecular flexibility index (Phi) is 4.05. The van der Waals surface area contributed by atoms with E-state index >= 15 is 0 Å². The molecule has 0 amide bonds. The zero-order valence-electron chi connectivity index (χ0n) is 4.68. The Morgan fingerprint density at radius 1 is 1.50 bits per heavy atom. The molecular formula is C4H11O5P. The van der Waals surface area contributed by atoms with Crippen molar-refractivity contribution < 1.29 is 24.3 Å². The third kappa shape index (κ3) is 2.58. The van der Waals surface area contributed by atoms with Gasteiger partial charge in [-0.2, -0.15) is 0 Å². The number of aliphatic hydroxyl groups is 1. The van der Waals surface area contributed by atoms with Crippen LogP contribution in [0.3, 0.4) is 0 Å². The Morgan fingerprint density at radius 3 is 1.80 bits per heavy atom. The third-order valence-corrected chi connectivity index (χ3v) is 2.10. The molecule has 0 saturated heterocycles. The van der Waals surface area contributed by atoms with Crippen LogP contribution in [0.25, 0.3) is 0 Å². The Balaban J connectivity index is 0. The lowest BCUT2D eigenvalue weighted by Crippen LogP contribution is -2.25. The second kappa shape index (κ2) is 3.25. The highest BCUT2D eigenvalue weighted by molar-refractivity contribution is 7.54. The van der Waals surface area contributed by atoms with Gasteiger partial charge in [-0.15, -0.1) is 0 Å². The maximum atomic E-state index is 10.1. The fourth-order valence-corrected chi connectivity index (χ4v) is 0.206. The quantitative estimate of drug-likeness (QED) is 0.391. The van der Waals surface area contributed by atoms with Crippen LogP contribution in [0.15, 0.2) is 0 Å². The summed E-state index contributed by atoms with van der Waals surface area (Å²) < 4.78 is 10.1. The van der Waals surface area contributed by atoms with Crippen LogP contribution in [0, 0.1) is 0 Å². The van der Waals surface area contributed by atoms with Crippen LogP contribution in [0.4, 0.5) is 0 Å². The standard InChI is InChI=1S/C3H7O5P.CH4/c1-3(5,2-4)9(6,7)8;/h2,5H,1H3,(H2,6,7,8);1H4. The molecule has 0 aromatic rings. The van der Waals surface area contributed by atoms with E-state index in [4.69, 9.17) is 14.9 Å². The van der Waals surface area contributed by atoms with Gasteiger partial charge >= 0.3 is 7.60 Å². The van der Waals surface area contributed by atoms with Gasteiger partial charge in [0.1, 0.15) is 0 Å². The first-order valence-electron chi connectivity index (χ1n) is 2.05. The van der Waals surface area contributed by atoms with Gasteiger partial charge in [0.15, 0.2) is 6.29 Å². The summed E-state index contributed by atoms with van der Waals surface area (Å²) in [5.74, 6) is 0. The summed E-state index contributed by atoms with van der Waals surface area (Å²) in [6, 6.07) is 0. The van der Waals surface area contributed by atoms with E-state index in [0.717, 1.165) is 6.92 Å². The van der Waals surface area contributed by atoms with Crippen LogP contribution >= 0.6 is 7.60 Å². The van der Waals surface area contributed by atoms with Gasteiger partial charge in [0, 0.05) is 0 Å². The second-order valence-electron chi connectivity index (χ2n) is 1.76. The van der Waals surface area contributed by atoms with Gasteiger partial charge in [0.2, 0.25) is 5.34 Å². The van der Waals surface area contributed by atoms with Crippen LogP contribution in [-0.2, 0) is 9.36 Å². The molecule has 5 nitrogen and oxygen atoms in total. The van der Waals surface area contributed by atoms with Crippen molar-refractivity contribution in [2.24, 2.45) is 0 Å². The van der Waals surface area contributed by atoms with E-state index in [-0.39, 0.29) is 13.7 Å². The van der Waals surface area contributed by atoms with Crippen molar-refractivity contribution in [2.45, 2.75) is 19.7 Å². The van der Waals surface area contributed by atoms with Crippen molar-refractivity contribution in [3.8, 4) is 0 Å². The molecule has 0 spiro atoms. The molecule has 0 saturated carbocycles. The summed E-state index contributed by atoms with van der Waals surface area (Å²) in [6.07, 6.45) is -0.187. The zero-order chi connectivity index (χ0) is 7.71. The van der Waals surface area contributed by atoms with Crippen LogP contribution in [-0.4, -0.2) is 26.5 Å². The molecule has 0 radical (unpaired) electrons. The number of aldehydes is 1. The number of rotatable bonds is 2. The lowest BCUT2D eigenvalue weighted by Gasteiger charge is -2.15. The van der Waals surface area contributed by atoms with Gasteiger partial charge < -0.3 is 14.9 Å². The van der Waals surface area contributed by atoms with Crippen LogP contribution in [0.2, 0.25) is 0 Å². The molecule has 1 atom stereocenters. The molecule has 0 aliphatic rings. The summed E-state index contributed by atoms with van der Waals surface area (Å²) in [7, 11) is -4.68. The van der Waals surface area contributed by atoms with E-state index in [2.05, 4.69) is 0 Å². The van der Waals surface area contributed by atoms with Crippen LogP contribution in [0.1, 0.15) is 14.4 Å². The average Bonchev–Trinajstić information content (AvgIpc) is 1.64. The fraction of sp³-hybridized carbons (Fsp3) is 0.750. The Bertz CT molecular complexity index is 157. The van der Waals surface area contributed by atoms with E-state index in [1.807, 2.05) is 0 Å². The highest BCUT2D eigenvalue weighted by Gasteiger charge is 2.40. The van der Waals surface area contributed by atoms with Gasteiger partial charge in [-0.3, -0.25) is 9.36 Å². The topological polar surface area (TPSA) is 94.8 Å². The highest BCUT2D eigenvalue weighted by Crippen LogP contribution is 2.46. The maximum Gasteiger partial charge on any atom is 0.363 e.